The SMILES string of the molecule is C=COCC1CCC(C(c2cc(C(=O)[O-])ccc2C(=O)[O-])C2CCC(COC=C)CC2)CC1. The average molecular weight is 455 g/mol. The van der Waals surface area contributed by atoms with Gasteiger partial charge in [-0.1, -0.05) is 25.3 Å². The van der Waals surface area contributed by atoms with Crippen LogP contribution in [0.5, 0.6) is 0 Å². The number of aromatic carboxylic acids is 2. The minimum absolute atomic E-state index is 0.0149. The number of carbonyl (C=O) groups excluding carboxylic acids is 2. The van der Waals surface area contributed by atoms with Gasteiger partial charge in [-0.05, 0) is 98.1 Å². The first kappa shape index (κ1) is 24.9. The van der Waals surface area contributed by atoms with Gasteiger partial charge in [0, 0.05) is 5.56 Å². The molecule has 0 aliphatic heterocycles. The van der Waals surface area contributed by atoms with Crippen LogP contribution in [0.25, 0.3) is 0 Å². The Balaban J connectivity index is 1.88. The molecular formula is C27H34O6-2. The highest BCUT2D eigenvalue weighted by atomic mass is 16.5. The summed E-state index contributed by atoms with van der Waals surface area (Å²) in [6.07, 6.45) is 10.8. The van der Waals surface area contributed by atoms with Crippen molar-refractivity contribution in [2.75, 3.05) is 13.2 Å². The molecule has 2 aliphatic carbocycles. The fourth-order valence-corrected chi connectivity index (χ4v) is 5.88. The van der Waals surface area contributed by atoms with Gasteiger partial charge in [-0.2, -0.15) is 0 Å². The smallest absolute Gasteiger partial charge is 0.0901 e. The number of carboxylic acid groups (broad SMARTS) is 2. The topological polar surface area (TPSA) is 98.7 Å². The Bertz CT molecular complexity index is 799. The summed E-state index contributed by atoms with van der Waals surface area (Å²) in [5.41, 5.74) is 0.702. The van der Waals surface area contributed by atoms with Crippen molar-refractivity contribution >= 4 is 11.9 Å². The number of hydrogen-bond donors (Lipinski definition) is 0. The molecule has 2 fully saturated rings. The number of ether oxygens (including phenoxy) is 2. The second kappa shape index (κ2) is 11.9. The Labute approximate surface area is 196 Å². The molecule has 0 bridgehead atoms. The number of rotatable bonds is 11. The van der Waals surface area contributed by atoms with Crippen LogP contribution in [-0.4, -0.2) is 25.2 Å². The van der Waals surface area contributed by atoms with Crippen LogP contribution in [0, 0.1) is 23.7 Å². The Kier molecular flexibility index (Phi) is 8.98. The average Bonchev–Trinajstić information content (AvgIpc) is 2.83. The van der Waals surface area contributed by atoms with Crippen LogP contribution in [-0.2, 0) is 9.47 Å². The van der Waals surface area contributed by atoms with Crippen molar-refractivity contribution in [2.45, 2.75) is 57.3 Å². The molecule has 1 aromatic rings. The molecule has 0 amide bonds. The zero-order valence-electron chi connectivity index (χ0n) is 19.2. The van der Waals surface area contributed by atoms with Crippen LogP contribution in [0.15, 0.2) is 43.9 Å². The van der Waals surface area contributed by atoms with E-state index in [1.54, 1.807) is 0 Å². The second-order valence-electron chi connectivity index (χ2n) is 9.46. The summed E-state index contributed by atoms with van der Waals surface area (Å²) in [4.78, 5) is 23.6. The fourth-order valence-electron chi connectivity index (χ4n) is 5.88. The number of hydrogen-bond acceptors (Lipinski definition) is 6. The second-order valence-corrected chi connectivity index (χ2v) is 9.46. The van der Waals surface area contributed by atoms with Gasteiger partial charge in [0.1, 0.15) is 0 Å². The van der Waals surface area contributed by atoms with Crippen molar-refractivity contribution in [1.29, 1.82) is 0 Å². The van der Waals surface area contributed by atoms with Gasteiger partial charge < -0.3 is 29.3 Å². The summed E-state index contributed by atoms with van der Waals surface area (Å²) < 4.78 is 10.8. The fraction of sp³-hybridized carbons (Fsp3) is 0.556. The molecule has 180 valence electrons. The zero-order valence-corrected chi connectivity index (χ0v) is 19.2. The van der Waals surface area contributed by atoms with E-state index in [0.29, 0.717) is 30.6 Å². The normalized spacial score (nSPS) is 26.1. The number of carboxylic acids is 2. The van der Waals surface area contributed by atoms with E-state index in [2.05, 4.69) is 13.2 Å². The molecule has 0 unspecified atom stereocenters. The van der Waals surface area contributed by atoms with Crippen molar-refractivity contribution in [1.82, 2.24) is 0 Å². The lowest BCUT2D eigenvalue weighted by Crippen LogP contribution is -2.33. The highest BCUT2D eigenvalue weighted by Crippen LogP contribution is 2.48. The van der Waals surface area contributed by atoms with Crippen LogP contribution < -0.4 is 10.2 Å². The largest absolute Gasteiger partial charge is 0.545 e. The lowest BCUT2D eigenvalue weighted by Gasteiger charge is -2.42. The Morgan fingerprint density at radius 2 is 1.33 bits per heavy atom. The van der Waals surface area contributed by atoms with Gasteiger partial charge in [0.05, 0.1) is 37.7 Å². The molecule has 0 saturated heterocycles. The molecule has 1 aromatic carbocycles. The van der Waals surface area contributed by atoms with E-state index in [1.165, 1.54) is 30.7 Å². The first-order chi connectivity index (χ1) is 15.9. The Hall–Kier alpha value is -2.76. The third-order valence-electron chi connectivity index (χ3n) is 7.56. The van der Waals surface area contributed by atoms with Gasteiger partial charge in [0.2, 0.25) is 0 Å². The highest BCUT2D eigenvalue weighted by Gasteiger charge is 2.37. The quantitative estimate of drug-likeness (QED) is 0.475. The summed E-state index contributed by atoms with van der Waals surface area (Å²) in [5, 5.41) is 23.6. The first-order valence-corrected chi connectivity index (χ1v) is 12.0. The van der Waals surface area contributed by atoms with Crippen molar-refractivity contribution in [3.8, 4) is 0 Å². The molecule has 0 heterocycles. The summed E-state index contributed by atoms with van der Waals surface area (Å²) in [5.74, 6) is -1.10. The predicted octanol–water partition coefficient (Wildman–Crippen LogP) is 3.43. The van der Waals surface area contributed by atoms with Gasteiger partial charge in [0.25, 0.3) is 0 Å². The van der Waals surface area contributed by atoms with Crippen molar-refractivity contribution < 1.29 is 29.3 Å². The molecule has 6 heteroatoms. The Morgan fingerprint density at radius 3 is 1.73 bits per heavy atom. The molecule has 3 rings (SSSR count). The van der Waals surface area contributed by atoms with E-state index in [1.807, 2.05) is 0 Å². The lowest BCUT2D eigenvalue weighted by atomic mass is 9.64. The van der Waals surface area contributed by atoms with Crippen LogP contribution in [0.3, 0.4) is 0 Å². The van der Waals surface area contributed by atoms with E-state index in [0.717, 1.165) is 51.4 Å². The van der Waals surface area contributed by atoms with E-state index in [-0.39, 0.29) is 28.9 Å². The predicted molar refractivity (Wildman–Crippen MR) is 121 cm³/mol. The maximum atomic E-state index is 12.0. The maximum absolute atomic E-state index is 12.0. The van der Waals surface area contributed by atoms with Crippen LogP contribution >= 0.6 is 0 Å². The molecule has 2 saturated carbocycles. The molecule has 6 nitrogen and oxygen atoms in total. The number of benzene rings is 1. The molecule has 0 N–H and O–H groups in total. The van der Waals surface area contributed by atoms with E-state index in [9.17, 15) is 19.8 Å². The maximum Gasteiger partial charge on any atom is 0.0901 e. The minimum Gasteiger partial charge on any atom is -0.545 e. The number of carbonyl (C=O) groups is 2. The molecule has 33 heavy (non-hydrogen) atoms. The standard InChI is InChI=1S/C27H36O6/c1-3-32-16-18-5-9-20(10-6-18)25(21-11-7-19(8-12-21)17-33-4-2)24-15-22(26(28)29)13-14-23(24)27(30)31/h3-4,13-15,18-21,25H,1-2,5-12,16-17H2,(H,28,29)(H,30,31)/p-2. The molecule has 2 aliphatic rings. The van der Waals surface area contributed by atoms with Gasteiger partial charge in [-0.3, -0.25) is 0 Å². The zero-order chi connectivity index (χ0) is 23.8. The van der Waals surface area contributed by atoms with Crippen LogP contribution in [0.4, 0.5) is 0 Å². The van der Waals surface area contributed by atoms with Crippen molar-refractivity contribution in [2.24, 2.45) is 23.7 Å². The third kappa shape index (κ3) is 6.40. The Morgan fingerprint density at radius 1 is 0.848 bits per heavy atom. The van der Waals surface area contributed by atoms with Gasteiger partial charge in [0.15, 0.2) is 0 Å². The lowest BCUT2D eigenvalue weighted by molar-refractivity contribution is -0.256. The van der Waals surface area contributed by atoms with E-state index in [4.69, 9.17) is 9.47 Å². The summed E-state index contributed by atoms with van der Waals surface area (Å²) >= 11 is 0. The van der Waals surface area contributed by atoms with Gasteiger partial charge in [-0.25, -0.2) is 0 Å². The molecule has 0 spiro atoms. The van der Waals surface area contributed by atoms with Crippen LogP contribution in [0.1, 0.15) is 83.6 Å². The van der Waals surface area contributed by atoms with Gasteiger partial charge >= 0.3 is 0 Å². The van der Waals surface area contributed by atoms with E-state index >= 15 is 0 Å². The summed E-state index contributed by atoms with van der Waals surface area (Å²) in [6.45, 7) is 8.53. The highest BCUT2D eigenvalue weighted by molar-refractivity contribution is 5.91. The molecular weight excluding hydrogens is 420 g/mol. The summed E-state index contributed by atoms with van der Waals surface area (Å²) in [6, 6.07) is 4.19. The third-order valence-corrected chi connectivity index (χ3v) is 7.56. The van der Waals surface area contributed by atoms with E-state index < -0.39 is 11.9 Å². The monoisotopic (exact) mass is 454 g/mol. The summed E-state index contributed by atoms with van der Waals surface area (Å²) in [7, 11) is 0. The minimum atomic E-state index is -1.30. The van der Waals surface area contributed by atoms with Crippen molar-refractivity contribution in [3.05, 3.63) is 60.6 Å². The van der Waals surface area contributed by atoms with Crippen LogP contribution in [0.2, 0.25) is 0 Å². The first-order valence-electron chi connectivity index (χ1n) is 12.0. The molecule has 0 radical (unpaired) electrons. The molecule has 0 atom stereocenters. The van der Waals surface area contributed by atoms with Gasteiger partial charge in [-0.15, -0.1) is 0 Å². The molecule has 0 aromatic heterocycles. The van der Waals surface area contributed by atoms with Crippen molar-refractivity contribution in [3.63, 3.8) is 0 Å².